The second kappa shape index (κ2) is 7.00. The fraction of sp³-hybridized carbons (Fsp3) is 0.471. The third kappa shape index (κ3) is 3.56. The van der Waals surface area contributed by atoms with Gasteiger partial charge in [0, 0.05) is 12.1 Å². The maximum atomic E-state index is 10.9. The van der Waals surface area contributed by atoms with E-state index in [0.29, 0.717) is 17.9 Å². The molecule has 0 spiro atoms. The first-order valence-electron chi connectivity index (χ1n) is 8.20. The second-order valence-corrected chi connectivity index (χ2v) is 6.20. The number of nitro groups is 1. The molecule has 1 fully saturated rings. The van der Waals surface area contributed by atoms with Gasteiger partial charge in [-0.2, -0.15) is 0 Å². The van der Waals surface area contributed by atoms with Gasteiger partial charge in [0.1, 0.15) is 23.5 Å². The molecule has 0 amide bonds. The van der Waals surface area contributed by atoms with Crippen LogP contribution in [0.25, 0.3) is 0 Å². The van der Waals surface area contributed by atoms with Gasteiger partial charge in [0.05, 0.1) is 11.0 Å². The standard InChI is InChI=1S/C17H22N4O3/c1-12-9-17(18-10-14(12)21(22)23)19-11-15(20-7-3-4-8-20)16-6-5-13(2)24-16/h5-6,9-10,15H,3-4,7-8,11H2,1-2H3,(H,18,19). The van der Waals surface area contributed by atoms with E-state index in [-0.39, 0.29) is 11.7 Å². The lowest BCUT2D eigenvalue weighted by atomic mass is 10.2. The molecule has 128 valence electrons. The fourth-order valence-electron chi connectivity index (χ4n) is 3.13. The van der Waals surface area contributed by atoms with Crippen molar-refractivity contribution in [3.8, 4) is 0 Å². The summed E-state index contributed by atoms with van der Waals surface area (Å²) in [7, 11) is 0. The Morgan fingerprint density at radius 3 is 2.71 bits per heavy atom. The van der Waals surface area contributed by atoms with Crippen LogP contribution in [0.3, 0.4) is 0 Å². The third-order valence-corrected chi connectivity index (χ3v) is 4.43. The van der Waals surface area contributed by atoms with Crippen LogP contribution in [-0.2, 0) is 0 Å². The molecule has 1 aliphatic rings. The van der Waals surface area contributed by atoms with Crippen molar-refractivity contribution in [3.63, 3.8) is 0 Å². The monoisotopic (exact) mass is 330 g/mol. The molecule has 1 atom stereocenters. The molecule has 0 aromatic carbocycles. The van der Waals surface area contributed by atoms with Crippen LogP contribution >= 0.6 is 0 Å². The van der Waals surface area contributed by atoms with Crippen molar-refractivity contribution in [2.75, 3.05) is 25.0 Å². The van der Waals surface area contributed by atoms with Gasteiger partial charge >= 0.3 is 0 Å². The van der Waals surface area contributed by atoms with E-state index in [1.54, 1.807) is 13.0 Å². The molecule has 0 radical (unpaired) electrons. The maximum absolute atomic E-state index is 10.9. The smallest absolute Gasteiger partial charge is 0.290 e. The molecule has 3 heterocycles. The number of hydrogen-bond donors (Lipinski definition) is 1. The zero-order valence-corrected chi connectivity index (χ0v) is 14.0. The Bertz CT molecular complexity index is 722. The summed E-state index contributed by atoms with van der Waals surface area (Å²) < 4.78 is 5.83. The van der Waals surface area contributed by atoms with Crippen molar-refractivity contribution in [1.29, 1.82) is 0 Å². The Kier molecular flexibility index (Phi) is 4.80. The molecular formula is C17H22N4O3. The van der Waals surface area contributed by atoms with Gasteiger partial charge in [-0.25, -0.2) is 4.98 Å². The SMILES string of the molecule is Cc1ccc(C(CNc2cc(C)c([N+](=O)[O-])cn2)N2CCCC2)o1. The van der Waals surface area contributed by atoms with Crippen molar-refractivity contribution in [2.45, 2.75) is 32.7 Å². The first kappa shape index (κ1) is 16.4. The number of likely N-dealkylation sites (tertiary alicyclic amines) is 1. The highest BCUT2D eigenvalue weighted by Crippen LogP contribution is 2.27. The quantitative estimate of drug-likeness (QED) is 0.645. The number of aromatic nitrogens is 1. The average Bonchev–Trinajstić information content (AvgIpc) is 3.19. The molecule has 1 saturated heterocycles. The highest BCUT2D eigenvalue weighted by atomic mass is 16.6. The summed E-state index contributed by atoms with van der Waals surface area (Å²) in [5.41, 5.74) is 0.641. The molecule has 0 saturated carbocycles. The molecule has 1 unspecified atom stereocenters. The number of furan rings is 1. The molecule has 0 bridgehead atoms. The highest BCUT2D eigenvalue weighted by Gasteiger charge is 2.26. The van der Waals surface area contributed by atoms with Crippen molar-refractivity contribution in [3.05, 3.63) is 51.6 Å². The lowest BCUT2D eigenvalue weighted by Gasteiger charge is -2.26. The first-order valence-corrected chi connectivity index (χ1v) is 8.20. The van der Waals surface area contributed by atoms with Gasteiger partial charge in [-0.05, 0) is 58.0 Å². The van der Waals surface area contributed by atoms with Crippen molar-refractivity contribution in [2.24, 2.45) is 0 Å². The van der Waals surface area contributed by atoms with Crippen LogP contribution in [0.5, 0.6) is 0 Å². The average molecular weight is 330 g/mol. The zero-order valence-electron chi connectivity index (χ0n) is 14.0. The van der Waals surface area contributed by atoms with Gasteiger partial charge < -0.3 is 9.73 Å². The van der Waals surface area contributed by atoms with Crippen molar-refractivity contribution < 1.29 is 9.34 Å². The Morgan fingerprint density at radius 1 is 1.38 bits per heavy atom. The zero-order chi connectivity index (χ0) is 17.1. The highest BCUT2D eigenvalue weighted by molar-refractivity contribution is 5.47. The molecular weight excluding hydrogens is 308 g/mol. The third-order valence-electron chi connectivity index (χ3n) is 4.43. The molecule has 1 aliphatic heterocycles. The minimum Gasteiger partial charge on any atom is -0.465 e. The van der Waals surface area contributed by atoms with Crippen molar-refractivity contribution in [1.82, 2.24) is 9.88 Å². The fourth-order valence-corrected chi connectivity index (χ4v) is 3.13. The Balaban J connectivity index is 1.73. The largest absolute Gasteiger partial charge is 0.465 e. The summed E-state index contributed by atoms with van der Waals surface area (Å²) in [6.07, 6.45) is 3.70. The van der Waals surface area contributed by atoms with Crippen LogP contribution in [0, 0.1) is 24.0 Å². The summed E-state index contributed by atoms with van der Waals surface area (Å²) in [5, 5.41) is 14.2. The number of nitrogens with one attached hydrogen (secondary N) is 1. The summed E-state index contributed by atoms with van der Waals surface area (Å²) >= 11 is 0. The van der Waals surface area contributed by atoms with Gasteiger partial charge in [-0.1, -0.05) is 0 Å². The number of hydrogen-bond acceptors (Lipinski definition) is 6. The van der Waals surface area contributed by atoms with Crippen LogP contribution in [0.4, 0.5) is 11.5 Å². The van der Waals surface area contributed by atoms with E-state index in [0.717, 1.165) is 24.6 Å². The Morgan fingerprint density at radius 2 is 2.12 bits per heavy atom. The number of pyridine rings is 1. The van der Waals surface area contributed by atoms with Gasteiger partial charge in [-0.3, -0.25) is 15.0 Å². The van der Waals surface area contributed by atoms with Crippen molar-refractivity contribution >= 4 is 11.5 Å². The molecule has 0 aliphatic carbocycles. The summed E-state index contributed by atoms with van der Waals surface area (Å²) in [6, 6.07) is 5.85. The van der Waals surface area contributed by atoms with Gasteiger partial charge in [0.2, 0.25) is 0 Å². The van der Waals surface area contributed by atoms with Gasteiger partial charge in [0.25, 0.3) is 5.69 Å². The molecule has 2 aromatic rings. The summed E-state index contributed by atoms with van der Waals surface area (Å²) in [4.78, 5) is 17.0. The molecule has 7 nitrogen and oxygen atoms in total. The van der Waals surface area contributed by atoms with Gasteiger partial charge in [0.15, 0.2) is 0 Å². The van der Waals surface area contributed by atoms with E-state index >= 15 is 0 Å². The normalized spacial score (nSPS) is 16.2. The topological polar surface area (TPSA) is 84.4 Å². The molecule has 1 N–H and O–H groups in total. The van der Waals surface area contributed by atoms with E-state index < -0.39 is 4.92 Å². The molecule has 7 heteroatoms. The lowest BCUT2D eigenvalue weighted by molar-refractivity contribution is -0.385. The number of nitrogens with zero attached hydrogens (tertiary/aromatic N) is 3. The first-order chi connectivity index (χ1) is 11.5. The van der Waals surface area contributed by atoms with Gasteiger partial charge in [-0.15, -0.1) is 0 Å². The predicted molar refractivity (Wildman–Crippen MR) is 91.1 cm³/mol. The molecule has 3 rings (SSSR count). The van der Waals surface area contributed by atoms with Crippen LogP contribution in [0.1, 0.15) is 36.0 Å². The van der Waals surface area contributed by atoms with E-state index in [1.165, 1.54) is 19.0 Å². The Labute approximate surface area is 140 Å². The van der Waals surface area contributed by atoms with E-state index in [9.17, 15) is 10.1 Å². The predicted octanol–water partition coefficient (Wildman–Crippen LogP) is 3.45. The minimum absolute atomic E-state index is 0.0401. The number of anilines is 1. The van der Waals surface area contributed by atoms with E-state index in [1.807, 2.05) is 19.1 Å². The minimum atomic E-state index is -0.412. The molecule has 2 aromatic heterocycles. The number of aryl methyl sites for hydroxylation is 2. The maximum Gasteiger partial charge on any atom is 0.290 e. The van der Waals surface area contributed by atoms with E-state index in [4.69, 9.17) is 4.42 Å². The summed E-state index contributed by atoms with van der Waals surface area (Å²) in [6.45, 7) is 6.42. The lowest BCUT2D eigenvalue weighted by Crippen LogP contribution is -2.30. The second-order valence-electron chi connectivity index (χ2n) is 6.20. The molecule has 24 heavy (non-hydrogen) atoms. The van der Waals surface area contributed by atoms with Crippen LogP contribution in [0.2, 0.25) is 0 Å². The Hall–Kier alpha value is -2.41. The number of rotatable bonds is 6. The van der Waals surface area contributed by atoms with Crippen LogP contribution in [-0.4, -0.2) is 34.4 Å². The van der Waals surface area contributed by atoms with Crippen LogP contribution < -0.4 is 5.32 Å². The van der Waals surface area contributed by atoms with Crippen LogP contribution in [0.15, 0.2) is 28.8 Å². The van der Waals surface area contributed by atoms with E-state index in [2.05, 4.69) is 15.2 Å². The summed E-state index contributed by atoms with van der Waals surface area (Å²) in [5.74, 6) is 2.49.